The minimum absolute atomic E-state index is 0.608. The van der Waals surface area contributed by atoms with E-state index in [9.17, 15) is 4.79 Å². The summed E-state index contributed by atoms with van der Waals surface area (Å²) in [6, 6.07) is 13.0. The smallest absolute Gasteiger partial charge is 0.151 e. The lowest BCUT2D eigenvalue weighted by Gasteiger charge is -2.00. The maximum atomic E-state index is 10.7. The summed E-state index contributed by atoms with van der Waals surface area (Å²) in [6.07, 6.45) is 4.22. The Morgan fingerprint density at radius 1 is 1.16 bits per heavy atom. The van der Waals surface area contributed by atoms with Crippen LogP contribution in [0.3, 0.4) is 0 Å². The molecule has 2 heterocycles. The largest absolute Gasteiger partial charge is 0.305 e. The van der Waals surface area contributed by atoms with Crippen molar-refractivity contribution in [3.05, 3.63) is 60.0 Å². The molecule has 0 bridgehead atoms. The molecule has 3 rings (SSSR count). The Morgan fingerprint density at radius 3 is 2.63 bits per heavy atom. The van der Waals surface area contributed by atoms with Gasteiger partial charge in [-0.3, -0.25) is 4.79 Å². The van der Waals surface area contributed by atoms with Crippen molar-refractivity contribution in [1.82, 2.24) is 9.38 Å². The van der Waals surface area contributed by atoms with Crippen LogP contribution in [0.2, 0.25) is 0 Å². The van der Waals surface area contributed by atoms with Crippen molar-refractivity contribution in [2.24, 2.45) is 0 Å². The van der Waals surface area contributed by atoms with Crippen LogP contribution in [0.1, 0.15) is 15.9 Å². The third-order valence-electron chi connectivity index (χ3n) is 2.98. The van der Waals surface area contributed by atoms with Crippen molar-refractivity contribution >= 4 is 11.8 Å². The van der Waals surface area contributed by atoms with Crippen LogP contribution >= 0.6 is 0 Å². The topological polar surface area (TPSA) is 58.2 Å². The number of nitrogens with zero attached hydrogens (tertiary/aromatic N) is 3. The molecule has 0 aliphatic carbocycles. The molecule has 0 fully saturated rings. The molecule has 0 spiro atoms. The second-order valence-electron chi connectivity index (χ2n) is 4.16. The molecule has 0 amide bonds. The van der Waals surface area contributed by atoms with Crippen molar-refractivity contribution in [2.75, 3.05) is 0 Å². The monoisotopic (exact) mass is 247 g/mol. The highest BCUT2D eigenvalue weighted by Crippen LogP contribution is 2.23. The molecule has 0 aliphatic heterocycles. The number of hydrogen-bond acceptors (Lipinski definition) is 3. The summed E-state index contributed by atoms with van der Waals surface area (Å²) < 4.78 is 1.82. The molecule has 0 aliphatic rings. The van der Waals surface area contributed by atoms with Gasteiger partial charge in [0, 0.05) is 17.3 Å². The molecule has 0 saturated heterocycles. The number of aromatic nitrogens is 2. The first-order chi connectivity index (χ1) is 9.31. The summed E-state index contributed by atoms with van der Waals surface area (Å²) in [5.41, 5.74) is 3.93. The number of pyridine rings is 1. The third kappa shape index (κ3) is 1.87. The number of carbonyl (C=O) groups is 1. The van der Waals surface area contributed by atoms with Crippen molar-refractivity contribution < 1.29 is 4.79 Å². The van der Waals surface area contributed by atoms with Gasteiger partial charge in [-0.1, -0.05) is 12.1 Å². The van der Waals surface area contributed by atoms with Gasteiger partial charge < -0.3 is 4.40 Å². The van der Waals surface area contributed by atoms with E-state index >= 15 is 0 Å². The highest BCUT2D eigenvalue weighted by Gasteiger charge is 2.07. The minimum Gasteiger partial charge on any atom is -0.305 e. The van der Waals surface area contributed by atoms with Gasteiger partial charge in [-0.25, -0.2) is 4.98 Å². The van der Waals surface area contributed by atoms with Crippen LogP contribution in [0.4, 0.5) is 0 Å². The summed E-state index contributed by atoms with van der Waals surface area (Å²) in [5, 5.41) is 8.79. The Hall–Kier alpha value is -2.93. The van der Waals surface area contributed by atoms with E-state index in [0.29, 0.717) is 11.1 Å². The van der Waals surface area contributed by atoms with E-state index in [2.05, 4.69) is 11.1 Å². The molecule has 0 radical (unpaired) electrons. The Bertz CT molecular complexity index is 794. The van der Waals surface area contributed by atoms with Crippen molar-refractivity contribution in [3.63, 3.8) is 0 Å². The van der Waals surface area contributed by atoms with Gasteiger partial charge in [0.1, 0.15) is 0 Å². The number of fused-ring (bicyclic) bond motifs is 1. The summed E-state index contributed by atoms with van der Waals surface area (Å²) >= 11 is 0. The lowest BCUT2D eigenvalue weighted by Crippen LogP contribution is -1.87. The van der Waals surface area contributed by atoms with E-state index in [-0.39, 0.29) is 0 Å². The van der Waals surface area contributed by atoms with Crippen LogP contribution in [0.15, 0.2) is 48.9 Å². The van der Waals surface area contributed by atoms with Gasteiger partial charge in [0.05, 0.1) is 29.2 Å². The Morgan fingerprint density at radius 2 is 1.95 bits per heavy atom. The molecule has 4 nitrogen and oxygen atoms in total. The van der Waals surface area contributed by atoms with Crippen LogP contribution in [0.25, 0.3) is 16.8 Å². The maximum Gasteiger partial charge on any atom is 0.151 e. The first-order valence-electron chi connectivity index (χ1n) is 5.74. The van der Waals surface area contributed by atoms with Crippen molar-refractivity contribution in [3.8, 4) is 17.3 Å². The van der Waals surface area contributed by atoms with E-state index in [1.54, 1.807) is 30.7 Å². The quantitative estimate of drug-likeness (QED) is 0.654. The molecular weight excluding hydrogens is 238 g/mol. The molecule has 19 heavy (non-hydrogen) atoms. The Kier molecular flexibility index (Phi) is 2.58. The number of hydrogen-bond donors (Lipinski definition) is 0. The van der Waals surface area contributed by atoms with E-state index in [1.165, 1.54) is 0 Å². The number of nitriles is 1. The number of benzene rings is 1. The molecule has 0 saturated carbocycles. The Labute approximate surface area is 109 Å². The van der Waals surface area contributed by atoms with Crippen LogP contribution in [0.5, 0.6) is 0 Å². The fourth-order valence-corrected chi connectivity index (χ4v) is 2.01. The highest BCUT2D eigenvalue weighted by atomic mass is 16.1. The molecule has 0 atom stereocenters. The lowest BCUT2D eigenvalue weighted by atomic mass is 10.1. The molecular formula is C15H9N3O. The SMILES string of the molecule is N#Cc1ccc(-c2ncn3cc(C=O)ccc23)cc1. The predicted octanol–water partition coefficient (Wildman–Crippen LogP) is 2.69. The molecule has 4 heteroatoms. The average Bonchev–Trinajstić information content (AvgIpc) is 2.90. The van der Waals surface area contributed by atoms with Gasteiger partial charge in [0.2, 0.25) is 0 Å². The van der Waals surface area contributed by atoms with Gasteiger partial charge in [0.15, 0.2) is 6.29 Å². The standard InChI is InChI=1S/C15H9N3O/c16-7-11-1-4-13(5-2-11)15-14-6-3-12(9-19)8-18(14)10-17-15/h1-6,8-10H. The summed E-state index contributed by atoms with van der Waals surface area (Å²) in [4.78, 5) is 15.1. The number of carbonyl (C=O) groups excluding carboxylic acids is 1. The maximum absolute atomic E-state index is 10.7. The summed E-state index contributed by atoms with van der Waals surface area (Å²) in [7, 11) is 0. The second-order valence-corrected chi connectivity index (χ2v) is 4.16. The van der Waals surface area contributed by atoms with Crippen LogP contribution < -0.4 is 0 Å². The van der Waals surface area contributed by atoms with E-state index in [0.717, 1.165) is 23.1 Å². The minimum atomic E-state index is 0.608. The molecule has 90 valence electrons. The molecule has 3 aromatic rings. The van der Waals surface area contributed by atoms with Gasteiger partial charge >= 0.3 is 0 Å². The van der Waals surface area contributed by atoms with Gasteiger partial charge in [-0.15, -0.1) is 0 Å². The van der Waals surface area contributed by atoms with Crippen molar-refractivity contribution in [2.45, 2.75) is 0 Å². The first kappa shape index (κ1) is 11.2. The van der Waals surface area contributed by atoms with Crippen LogP contribution in [-0.4, -0.2) is 15.7 Å². The van der Waals surface area contributed by atoms with E-state index in [4.69, 9.17) is 5.26 Å². The van der Waals surface area contributed by atoms with Gasteiger partial charge in [0.25, 0.3) is 0 Å². The molecule has 2 aromatic heterocycles. The first-order valence-corrected chi connectivity index (χ1v) is 5.74. The van der Waals surface area contributed by atoms with Crippen LogP contribution in [0, 0.1) is 11.3 Å². The fraction of sp³-hybridized carbons (Fsp3) is 0. The highest BCUT2D eigenvalue weighted by molar-refractivity contribution is 5.80. The Balaban J connectivity index is 2.14. The average molecular weight is 247 g/mol. The molecule has 0 unspecified atom stereocenters. The number of aldehydes is 1. The van der Waals surface area contributed by atoms with Gasteiger partial charge in [-0.2, -0.15) is 5.26 Å². The predicted molar refractivity (Wildman–Crippen MR) is 70.7 cm³/mol. The normalized spacial score (nSPS) is 10.3. The zero-order valence-corrected chi connectivity index (χ0v) is 9.95. The van der Waals surface area contributed by atoms with Gasteiger partial charge in [-0.05, 0) is 24.3 Å². The van der Waals surface area contributed by atoms with E-state index in [1.807, 2.05) is 22.6 Å². The zero-order chi connectivity index (χ0) is 13.2. The second kappa shape index (κ2) is 4.39. The lowest BCUT2D eigenvalue weighted by molar-refractivity contribution is 0.112. The summed E-state index contributed by atoms with van der Waals surface area (Å²) in [6.45, 7) is 0. The molecule has 1 aromatic carbocycles. The number of rotatable bonds is 2. The zero-order valence-electron chi connectivity index (χ0n) is 9.95. The van der Waals surface area contributed by atoms with Crippen molar-refractivity contribution in [1.29, 1.82) is 5.26 Å². The van der Waals surface area contributed by atoms with Crippen LogP contribution in [-0.2, 0) is 0 Å². The van der Waals surface area contributed by atoms with E-state index < -0.39 is 0 Å². The third-order valence-corrected chi connectivity index (χ3v) is 2.98. The fourth-order valence-electron chi connectivity index (χ4n) is 2.01. The summed E-state index contributed by atoms with van der Waals surface area (Å²) in [5.74, 6) is 0. The molecule has 0 N–H and O–H groups in total. The number of imidazole rings is 1.